The lowest BCUT2D eigenvalue weighted by Gasteiger charge is -2.14. The van der Waals surface area contributed by atoms with Crippen molar-refractivity contribution >= 4 is 5.91 Å². The van der Waals surface area contributed by atoms with Crippen molar-refractivity contribution in [3.05, 3.63) is 34.9 Å². The predicted octanol–water partition coefficient (Wildman–Crippen LogP) is 0.386. The molecule has 1 rings (SSSR count). The second kappa shape index (κ2) is 5.63. The average molecular weight is 223 g/mol. The van der Waals surface area contributed by atoms with E-state index in [-0.39, 0.29) is 19.1 Å². The molecule has 16 heavy (non-hydrogen) atoms. The van der Waals surface area contributed by atoms with Gasteiger partial charge in [0.1, 0.15) is 0 Å². The summed E-state index contributed by atoms with van der Waals surface area (Å²) >= 11 is 0. The van der Waals surface area contributed by atoms with E-state index < -0.39 is 6.04 Å². The largest absolute Gasteiger partial charge is 0.394 e. The fourth-order valence-electron chi connectivity index (χ4n) is 1.48. The molecule has 0 fully saturated rings. The molecule has 3 N–H and O–H groups in total. The Morgan fingerprint density at radius 2 is 1.94 bits per heavy atom. The van der Waals surface area contributed by atoms with Gasteiger partial charge in [-0.1, -0.05) is 17.7 Å². The number of carbonyl (C=O) groups excluding carboxylic acids is 1. The molecule has 0 spiro atoms. The Morgan fingerprint density at radius 3 is 2.44 bits per heavy atom. The summed E-state index contributed by atoms with van der Waals surface area (Å²) in [6.07, 6.45) is 0. The van der Waals surface area contributed by atoms with E-state index in [1.807, 2.05) is 26.0 Å². The Labute approximate surface area is 94.9 Å². The minimum Gasteiger partial charge on any atom is -0.394 e. The van der Waals surface area contributed by atoms with Gasteiger partial charge in [-0.15, -0.1) is 0 Å². The van der Waals surface area contributed by atoms with E-state index in [9.17, 15) is 4.79 Å². The van der Waals surface area contributed by atoms with E-state index in [1.165, 1.54) is 0 Å². The highest BCUT2D eigenvalue weighted by Gasteiger charge is 2.13. The number of rotatable bonds is 4. The van der Waals surface area contributed by atoms with Gasteiger partial charge in [0.05, 0.1) is 19.3 Å². The molecule has 0 saturated carbocycles. The van der Waals surface area contributed by atoms with Crippen molar-refractivity contribution in [3.63, 3.8) is 0 Å². The first-order valence-corrected chi connectivity index (χ1v) is 5.18. The molecule has 4 heteroatoms. The first-order valence-electron chi connectivity index (χ1n) is 5.18. The van der Waals surface area contributed by atoms with Gasteiger partial charge in [0.2, 0.25) is 0 Å². The van der Waals surface area contributed by atoms with E-state index in [2.05, 4.69) is 5.32 Å². The monoisotopic (exact) mass is 223 g/mol. The summed E-state index contributed by atoms with van der Waals surface area (Å²) in [5, 5.41) is 20.3. The topological polar surface area (TPSA) is 69.6 Å². The molecule has 0 atom stereocenters. The third-order valence-electron chi connectivity index (χ3n) is 2.40. The summed E-state index contributed by atoms with van der Waals surface area (Å²) in [6, 6.07) is 4.91. The summed E-state index contributed by atoms with van der Waals surface area (Å²) in [5.74, 6) is -0.273. The maximum absolute atomic E-state index is 11.8. The molecule has 4 nitrogen and oxygen atoms in total. The van der Waals surface area contributed by atoms with E-state index in [1.54, 1.807) is 6.07 Å². The van der Waals surface area contributed by atoms with Crippen molar-refractivity contribution in [1.29, 1.82) is 0 Å². The Balaban J connectivity index is 2.80. The number of amides is 1. The predicted molar refractivity (Wildman–Crippen MR) is 61.3 cm³/mol. The molecule has 88 valence electrons. The van der Waals surface area contributed by atoms with Crippen molar-refractivity contribution in [1.82, 2.24) is 5.32 Å². The van der Waals surface area contributed by atoms with Gasteiger partial charge in [-0.2, -0.15) is 0 Å². The highest BCUT2D eigenvalue weighted by molar-refractivity contribution is 5.95. The van der Waals surface area contributed by atoms with Crippen LogP contribution in [0.2, 0.25) is 0 Å². The molecule has 0 radical (unpaired) electrons. The van der Waals surface area contributed by atoms with Crippen LogP contribution in [0, 0.1) is 13.8 Å². The van der Waals surface area contributed by atoms with Gasteiger partial charge in [-0.25, -0.2) is 0 Å². The summed E-state index contributed by atoms with van der Waals surface area (Å²) in [4.78, 5) is 11.8. The Hall–Kier alpha value is -1.39. The second-order valence-corrected chi connectivity index (χ2v) is 3.85. The maximum atomic E-state index is 11.8. The fraction of sp³-hybridized carbons (Fsp3) is 0.417. The van der Waals surface area contributed by atoms with Crippen LogP contribution < -0.4 is 5.32 Å². The highest BCUT2D eigenvalue weighted by Crippen LogP contribution is 2.10. The molecule has 1 amide bonds. The van der Waals surface area contributed by atoms with Crippen LogP contribution in [0.3, 0.4) is 0 Å². The standard InChI is InChI=1S/C12H17NO3/c1-8-3-4-11(9(2)5-8)12(16)13-10(6-14)7-15/h3-5,10,14-15H,6-7H2,1-2H3,(H,13,16). The van der Waals surface area contributed by atoms with Crippen LogP contribution in [0.5, 0.6) is 0 Å². The third-order valence-corrected chi connectivity index (χ3v) is 2.40. The number of benzene rings is 1. The lowest BCUT2D eigenvalue weighted by molar-refractivity contribution is 0.0879. The summed E-state index contributed by atoms with van der Waals surface area (Å²) in [5.41, 5.74) is 2.54. The first-order chi connectivity index (χ1) is 7.58. The zero-order valence-electron chi connectivity index (χ0n) is 9.53. The maximum Gasteiger partial charge on any atom is 0.251 e. The van der Waals surface area contributed by atoms with E-state index in [0.29, 0.717) is 5.56 Å². The van der Waals surface area contributed by atoms with Gasteiger partial charge in [0.25, 0.3) is 5.91 Å². The Bertz CT molecular complexity index is 373. The van der Waals surface area contributed by atoms with E-state index >= 15 is 0 Å². The number of hydrogen-bond acceptors (Lipinski definition) is 3. The molecular formula is C12H17NO3. The van der Waals surface area contributed by atoms with Gasteiger partial charge in [-0.3, -0.25) is 4.79 Å². The Kier molecular flexibility index (Phi) is 4.46. The summed E-state index contributed by atoms with van der Waals surface area (Å²) in [7, 11) is 0. The molecule has 0 aliphatic carbocycles. The normalized spacial score (nSPS) is 10.6. The fourth-order valence-corrected chi connectivity index (χ4v) is 1.48. The van der Waals surface area contributed by atoms with Crippen LogP contribution in [-0.2, 0) is 0 Å². The minimum atomic E-state index is -0.604. The molecule has 0 aromatic heterocycles. The molecule has 0 heterocycles. The number of nitrogens with one attached hydrogen (secondary N) is 1. The first kappa shape index (κ1) is 12.7. The molecule has 0 saturated heterocycles. The zero-order valence-corrected chi connectivity index (χ0v) is 9.53. The van der Waals surface area contributed by atoms with Crippen LogP contribution in [0.15, 0.2) is 18.2 Å². The lowest BCUT2D eigenvalue weighted by atomic mass is 10.0. The molecule has 0 aliphatic heterocycles. The molecule has 0 bridgehead atoms. The van der Waals surface area contributed by atoms with Crippen LogP contribution >= 0.6 is 0 Å². The molecule has 0 aliphatic rings. The molecule has 1 aromatic rings. The van der Waals surface area contributed by atoms with Crippen LogP contribution in [-0.4, -0.2) is 35.4 Å². The van der Waals surface area contributed by atoms with Crippen molar-refractivity contribution in [3.8, 4) is 0 Å². The van der Waals surface area contributed by atoms with Gasteiger partial charge in [0, 0.05) is 5.56 Å². The number of carbonyl (C=O) groups is 1. The van der Waals surface area contributed by atoms with Crippen molar-refractivity contribution < 1.29 is 15.0 Å². The van der Waals surface area contributed by atoms with Crippen LogP contribution in [0.4, 0.5) is 0 Å². The van der Waals surface area contributed by atoms with E-state index in [0.717, 1.165) is 11.1 Å². The number of aliphatic hydroxyl groups is 2. The lowest BCUT2D eigenvalue weighted by Crippen LogP contribution is -2.40. The van der Waals surface area contributed by atoms with Gasteiger partial charge < -0.3 is 15.5 Å². The highest BCUT2D eigenvalue weighted by atomic mass is 16.3. The number of aryl methyl sites for hydroxylation is 2. The number of hydrogen-bond donors (Lipinski definition) is 3. The van der Waals surface area contributed by atoms with E-state index in [4.69, 9.17) is 10.2 Å². The van der Waals surface area contributed by atoms with Gasteiger partial charge in [-0.05, 0) is 25.5 Å². The number of aliphatic hydroxyl groups excluding tert-OH is 2. The zero-order chi connectivity index (χ0) is 12.1. The summed E-state index contributed by atoms with van der Waals surface area (Å²) < 4.78 is 0. The SMILES string of the molecule is Cc1ccc(C(=O)NC(CO)CO)c(C)c1. The summed E-state index contributed by atoms with van der Waals surface area (Å²) in [6.45, 7) is 3.27. The van der Waals surface area contributed by atoms with Crippen molar-refractivity contribution in [2.75, 3.05) is 13.2 Å². The molecule has 1 aromatic carbocycles. The quantitative estimate of drug-likeness (QED) is 0.691. The second-order valence-electron chi connectivity index (χ2n) is 3.85. The van der Waals surface area contributed by atoms with Crippen LogP contribution in [0.25, 0.3) is 0 Å². The van der Waals surface area contributed by atoms with Crippen molar-refractivity contribution in [2.24, 2.45) is 0 Å². The average Bonchev–Trinajstić information content (AvgIpc) is 2.25. The van der Waals surface area contributed by atoms with Crippen LogP contribution in [0.1, 0.15) is 21.5 Å². The van der Waals surface area contributed by atoms with Gasteiger partial charge in [0.15, 0.2) is 0 Å². The van der Waals surface area contributed by atoms with Gasteiger partial charge >= 0.3 is 0 Å². The smallest absolute Gasteiger partial charge is 0.251 e. The third kappa shape index (κ3) is 3.05. The Morgan fingerprint density at radius 1 is 1.31 bits per heavy atom. The molecular weight excluding hydrogens is 206 g/mol. The minimum absolute atomic E-state index is 0.271. The molecule has 0 unspecified atom stereocenters. The van der Waals surface area contributed by atoms with Crippen molar-refractivity contribution in [2.45, 2.75) is 19.9 Å².